The zero-order valence-corrected chi connectivity index (χ0v) is 38.9. The molecule has 64 heavy (non-hydrogen) atoms. The third-order valence-electron chi connectivity index (χ3n) is 12.1. The number of primary amides is 1. The van der Waals surface area contributed by atoms with Crippen molar-refractivity contribution in [3.8, 4) is 0 Å². The van der Waals surface area contributed by atoms with E-state index in [1.807, 2.05) is 13.8 Å². The lowest BCUT2D eigenvalue weighted by molar-refractivity contribution is -0.120. The molecule has 3 aromatic rings. The molecule has 1 heterocycles. The van der Waals surface area contributed by atoms with E-state index in [-0.39, 0.29) is 34.9 Å². The third kappa shape index (κ3) is 12.6. The number of amides is 2. The van der Waals surface area contributed by atoms with E-state index in [1.54, 1.807) is 32.1 Å². The molecule has 6 atom stereocenters. The second-order valence-corrected chi connectivity index (χ2v) is 20.4. The Labute approximate surface area is 379 Å². The molecule has 2 bridgehead atoms. The van der Waals surface area contributed by atoms with E-state index in [4.69, 9.17) is 19.9 Å². The zero-order valence-electron chi connectivity index (χ0n) is 38.0. The Morgan fingerprint density at radius 3 is 1.97 bits per heavy atom. The molecule has 11 nitrogen and oxygen atoms in total. The highest BCUT2D eigenvalue weighted by molar-refractivity contribution is 7.95. The standard InChI is InChI=1S/C52H64N3O8P/c1-35-31-42-47(54-29-18-7-8-19-30-64(39-22-12-9-13-23-39,40-24-14-10-15-25-40)41-26-16-11-17-27-41)44(56)34-43(49(42)58)55-51(59)36(2)21-20-28-45(61-5)50(63-52(53)60)38(4)33-37(3)48(57)46(32-35)62-6/h9-17,20-28,33-35,37,45-46,48,50,57H,7-8,18-19,29-32H2,1-6H3,(H3-,53,54,55,56,58,59,60)/p+1/b28-20-,36-21+,38-33?/t35-,37+,45+,46+,48-,50+/m1/s1. The average molecular weight is 891 g/mol. The summed E-state index contributed by atoms with van der Waals surface area (Å²) in [6.07, 6.45) is 8.61. The van der Waals surface area contributed by atoms with E-state index in [1.165, 1.54) is 42.3 Å². The molecule has 5 N–H and O–H groups in total. The number of fused-ring (bicyclic) bond motifs is 2. The number of nitrogens with two attached hydrogens (primary N) is 1. The van der Waals surface area contributed by atoms with Gasteiger partial charge in [0.15, 0.2) is 6.10 Å². The van der Waals surface area contributed by atoms with Crippen molar-refractivity contribution in [1.82, 2.24) is 10.6 Å². The van der Waals surface area contributed by atoms with E-state index in [9.17, 15) is 24.3 Å². The van der Waals surface area contributed by atoms with Crippen molar-refractivity contribution in [2.24, 2.45) is 17.6 Å². The fourth-order valence-electron chi connectivity index (χ4n) is 8.70. The fourth-order valence-corrected chi connectivity index (χ4v) is 13.1. The van der Waals surface area contributed by atoms with Gasteiger partial charge in [-0.1, -0.05) is 99.2 Å². The predicted molar refractivity (Wildman–Crippen MR) is 256 cm³/mol. The molecule has 0 aromatic heterocycles. The van der Waals surface area contributed by atoms with Crippen LogP contribution < -0.4 is 32.3 Å². The number of ether oxygens (including phenoxy) is 3. The molecule has 0 spiro atoms. The van der Waals surface area contributed by atoms with Gasteiger partial charge in [0.05, 0.1) is 29.8 Å². The average Bonchev–Trinajstić information content (AvgIpc) is 3.29. The van der Waals surface area contributed by atoms with Crippen LogP contribution in [0.1, 0.15) is 66.2 Å². The molecule has 2 aliphatic rings. The molecule has 2 amide bonds. The molecule has 0 saturated heterocycles. The summed E-state index contributed by atoms with van der Waals surface area (Å²) < 4.78 is 16.9. The van der Waals surface area contributed by atoms with Crippen LogP contribution in [0.25, 0.3) is 0 Å². The van der Waals surface area contributed by atoms with Gasteiger partial charge >= 0.3 is 6.09 Å². The summed E-state index contributed by atoms with van der Waals surface area (Å²) in [7, 11) is 1.03. The van der Waals surface area contributed by atoms with Gasteiger partial charge in [0.25, 0.3) is 5.91 Å². The lowest BCUT2D eigenvalue weighted by Crippen LogP contribution is -2.38. The number of carbonyl (C=O) groups excluding carboxylic acids is 4. The van der Waals surface area contributed by atoms with Crippen molar-refractivity contribution < 1.29 is 38.5 Å². The summed E-state index contributed by atoms with van der Waals surface area (Å²) >= 11 is 0. The number of Topliss-reactive ketones (excluding diaryl/α,β-unsaturated/α-hetero) is 1. The number of aliphatic hydroxyl groups is 1. The Balaban J connectivity index is 1.34. The van der Waals surface area contributed by atoms with Gasteiger partial charge in [-0.2, -0.15) is 0 Å². The molecule has 5 rings (SSSR count). The third-order valence-corrected chi connectivity index (χ3v) is 16.6. The Morgan fingerprint density at radius 1 is 0.844 bits per heavy atom. The topological polar surface area (TPSA) is 166 Å². The van der Waals surface area contributed by atoms with Crippen molar-refractivity contribution in [3.05, 3.63) is 149 Å². The number of hydrogen-bond donors (Lipinski definition) is 4. The van der Waals surface area contributed by atoms with E-state index >= 15 is 0 Å². The second-order valence-electron chi connectivity index (χ2n) is 16.8. The highest BCUT2D eigenvalue weighted by Crippen LogP contribution is 2.56. The highest BCUT2D eigenvalue weighted by atomic mass is 31.2. The molecular weight excluding hydrogens is 826 g/mol. The molecule has 0 saturated carbocycles. The molecule has 0 unspecified atom stereocenters. The Morgan fingerprint density at radius 2 is 1.42 bits per heavy atom. The van der Waals surface area contributed by atoms with Crippen molar-refractivity contribution in [3.63, 3.8) is 0 Å². The number of benzene rings is 3. The lowest BCUT2D eigenvalue weighted by Gasteiger charge is -2.30. The van der Waals surface area contributed by atoms with Crippen molar-refractivity contribution in [2.75, 3.05) is 26.9 Å². The van der Waals surface area contributed by atoms with Gasteiger partial charge in [0.2, 0.25) is 11.6 Å². The first-order valence-electron chi connectivity index (χ1n) is 22.2. The first-order valence-corrected chi connectivity index (χ1v) is 24.1. The minimum Gasteiger partial charge on any atom is -0.439 e. The fraction of sp³-hybridized carbons (Fsp3) is 0.385. The molecule has 3 aromatic carbocycles. The maximum absolute atomic E-state index is 14.2. The zero-order chi connectivity index (χ0) is 46.2. The summed E-state index contributed by atoms with van der Waals surface area (Å²) in [6, 6.07) is 32.6. The van der Waals surface area contributed by atoms with Crippen LogP contribution in [-0.4, -0.2) is 80.0 Å². The summed E-state index contributed by atoms with van der Waals surface area (Å²) in [5.41, 5.74) is 6.67. The largest absolute Gasteiger partial charge is 0.439 e. The number of aliphatic hydroxyl groups excluding tert-OH is 1. The van der Waals surface area contributed by atoms with Crippen LogP contribution in [0.4, 0.5) is 4.79 Å². The Hall–Kier alpha value is -5.45. The Bertz CT molecular complexity index is 2120. The summed E-state index contributed by atoms with van der Waals surface area (Å²) in [5, 5.41) is 21.6. The number of rotatable bonds is 14. The smallest absolute Gasteiger partial charge is 0.405 e. The highest BCUT2D eigenvalue weighted by Gasteiger charge is 2.44. The molecular formula is C52H65N3O8P+. The van der Waals surface area contributed by atoms with Crippen molar-refractivity contribution in [1.29, 1.82) is 0 Å². The van der Waals surface area contributed by atoms with Gasteiger partial charge in [-0.05, 0) is 93.8 Å². The summed E-state index contributed by atoms with van der Waals surface area (Å²) in [4.78, 5) is 53.4. The van der Waals surface area contributed by atoms with Crippen molar-refractivity contribution in [2.45, 2.75) is 90.6 Å². The van der Waals surface area contributed by atoms with E-state index < -0.39 is 61.2 Å². The number of nitrogens with one attached hydrogen (secondary N) is 2. The first kappa shape index (κ1) is 49.6. The number of ketones is 2. The van der Waals surface area contributed by atoms with Crippen LogP contribution in [0, 0.1) is 11.8 Å². The molecule has 0 radical (unpaired) electrons. The van der Waals surface area contributed by atoms with Crippen LogP contribution in [0.5, 0.6) is 0 Å². The van der Waals surface area contributed by atoms with E-state index in [0.29, 0.717) is 18.5 Å². The Kier molecular flexibility index (Phi) is 18.6. The molecule has 1 aliphatic carbocycles. The van der Waals surface area contributed by atoms with Gasteiger partial charge in [0.1, 0.15) is 29.3 Å². The summed E-state index contributed by atoms with van der Waals surface area (Å²) in [5.74, 6) is -2.09. The van der Waals surface area contributed by atoms with E-state index in [2.05, 4.69) is 102 Å². The minimum absolute atomic E-state index is 0.110. The lowest BCUT2D eigenvalue weighted by atomic mass is 9.85. The normalized spacial score (nSPS) is 24.2. The SMILES string of the molecule is CO[C@H]1/C=C\C=C(/C)C(=O)NC2=CC(=O)C(NCCCCCC[P+](c3ccccc3)(c3ccccc3)c3ccccc3)=C(C[C@@H](C)C[C@H](OC)[C@H](O)[C@@H](C)C=C(C)[C@@H]1OC(N)=O)C2=O. The molecule has 12 heteroatoms. The number of carbonyl (C=O) groups is 4. The van der Waals surface area contributed by atoms with Crippen LogP contribution in [-0.2, 0) is 28.6 Å². The van der Waals surface area contributed by atoms with Gasteiger partial charge in [-0.3, -0.25) is 14.4 Å². The van der Waals surface area contributed by atoms with E-state index in [0.717, 1.165) is 31.8 Å². The predicted octanol–water partition coefficient (Wildman–Crippen LogP) is 6.91. The number of unbranched alkanes of at least 4 members (excludes halogenated alkanes) is 3. The quantitative estimate of drug-likeness (QED) is 0.0583. The van der Waals surface area contributed by atoms with Crippen LogP contribution >= 0.6 is 7.26 Å². The molecule has 0 fully saturated rings. The maximum atomic E-state index is 14.2. The van der Waals surface area contributed by atoms with Gasteiger partial charge in [-0.15, -0.1) is 0 Å². The minimum atomic E-state index is -1.94. The molecule has 1 aliphatic heterocycles. The monoisotopic (exact) mass is 890 g/mol. The first-order chi connectivity index (χ1) is 30.8. The van der Waals surface area contributed by atoms with Crippen LogP contribution in [0.15, 0.2) is 149 Å². The maximum Gasteiger partial charge on any atom is 0.405 e. The summed E-state index contributed by atoms with van der Waals surface area (Å²) in [6.45, 7) is 7.58. The molecule has 340 valence electrons. The van der Waals surface area contributed by atoms with Gasteiger partial charge in [0, 0.05) is 43.9 Å². The second kappa shape index (κ2) is 24.0. The van der Waals surface area contributed by atoms with Gasteiger partial charge < -0.3 is 35.7 Å². The van der Waals surface area contributed by atoms with Crippen molar-refractivity contribution >= 4 is 46.7 Å². The van der Waals surface area contributed by atoms with Crippen LogP contribution in [0.3, 0.4) is 0 Å². The number of methoxy groups -OCH3 is 2. The number of hydrogen-bond acceptors (Lipinski definition) is 9. The van der Waals surface area contributed by atoms with Gasteiger partial charge in [-0.25, -0.2) is 4.79 Å². The van der Waals surface area contributed by atoms with Crippen LogP contribution in [0.2, 0.25) is 0 Å². The number of allylic oxidation sites excluding steroid dienone is 4.